The summed E-state index contributed by atoms with van der Waals surface area (Å²) < 4.78 is 31.4. The molecule has 4 aromatic carbocycles. The van der Waals surface area contributed by atoms with Gasteiger partial charge in [-0.25, -0.2) is 28.8 Å². The van der Waals surface area contributed by atoms with E-state index in [9.17, 15) is 28.8 Å². The van der Waals surface area contributed by atoms with E-state index in [0.717, 1.165) is 12.2 Å². The summed E-state index contributed by atoms with van der Waals surface area (Å²) in [6, 6.07) is 25.5. The second kappa shape index (κ2) is 20.3. The van der Waals surface area contributed by atoms with Crippen molar-refractivity contribution < 1.29 is 57.2 Å². The lowest BCUT2D eigenvalue weighted by Gasteiger charge is -2.22. The highest BCUT2D eigenvalue weighted by Gasteiger charge is 2.26. The van der Waals surface area contributed by atoms with Gasteiger partial charge in [-0.3, -0.25) is 0 Å². The van der Waals surface area contributed by atoms with Gasteiger partial charge >= 0.3 is 35.8 Å². The summed E-state index contributed by atoms with van der Waals surface area (Å²) in [5.74, 6) is 8.18. The highest BCUT2D eigenvalue weighted by molar-refractivity contribution is 5.94. The average molecular weight is 813 g/mol. The molecule has 0 unspecified atom stereocenters. The minimum absolute atomic E-state index is 0.229. The molecule has 0 saturated heterocycles. The Balaban J connectivity index is 1.21. The molecule has 308 valence electrons. The van der Waals surface area contributed by atoms with Gasteiger partial charge in [0.15, 0.2) is 12.2 Å². The molecule has 0 saturated carbocycles. The second-order valence-electron chi connectivity index (χ2n) is 15.0. The van der Waals surface area contributed by atoms with E-state index in [-0.39, 0.29) is 22.6 Å². The largest absolute Gasteiger partial charge is 0.457 e. The molecule has 4 rings (SSSR count). The van der Waals surface area contributed by atoms with Gasteiger partial charge in [0.2, 0.25) is 0 Å². The van der Waals surface area contributed by atoms with Crippen molar-refractivity contribution in [2.24, 2.45) is 0 Å². The van der Waals surface area contributed by atoms with Crippen LogP contribution < -0.4 is 9.47 Å². The normalized spacial score (nSPS) is 11.9. The summed E-state index contributed by atoms with van der Waals surface area (Å²) in [6.45, 7) is 13.2. The second-order valence-corrected chi connectivity index (χ2v) is 15.0. The maximum Gasteiger partial charge on any atom is 0.347 e. The lowest BCUT2D eigenvalue weighted by molar-refractivity contribution is -0.165. The summed E-state index contributed by atoms with van der Waals surface area (Å²) >= 11 is 0. The third-order valence-corrected chi connectivity index (χ3v) is 7.49. The first-order valence-electron chi connectivity index (χ1n) is 18.7. The van der Waals surface area contributed by atoms with E-state index in [1.807, 2.05) is 0 Å². The molecule has 0 aliphatic heterocycles. The van der Waals surface area contributed by atoms with Crippen molar-refractivity contribution in [3.63, 3.8) is 0 Å². The number of rotatable bonds is 10. The van der Waals surface area contributed by atoms with E-state index in [2.05, 4.69) is 23.7 Å². The summed E-state index contributed by atoms with van der Waals surface area (Å²) in [7, 11) is 0. The number of ether oxygens (including phenoxy) is 6. The van der Waals surface area contributed by atoms with Crippen LogP contribution in [0.5, 0.6) is 11.5 Å². The lowest BCUT2D eigenvalue weighted by atomic mass is 10.1. The topological polar surface area (TPSA) is 158 Å². The summed E-state index contributed by atoms with van der Waals surface area (Å²) in [6.07, 6.45) is -0.244. The number of esters is 6. The maximum atomic E-state index is 12.5. The van der Waals surface area contributed by atoms with Gasteiger partial charge in [0.25, 0.3) is 0 Å². The van der Waals surface area contributed by atoms with Crippen molar-refractivity contribution >= 4 is 35.8 Å². The molecule has 0 fully saturated rings. The highest BCUT2D eigenvalue weighted by atomic mass is 16.6. The zero-order valence-electron chi connectivity index (χ0n) is 34.4. The van der Waals surface area contributed by atoms with Crippen molar-refractivity contribution in [1.82, 2.24) is 0 Å². The Morgan fingerprint density at radius 3 is 0.983 bits per heavy atom. The predicted octanol–water partition coefficient (Wildman–Crippen LogP) is 7.33. The molecule has 0 amide bonds. The molecule has 2 atom stereocenters. The molecule has 0 aliphatic rings. The predicted molar refractivity (Wildman–Crippen MR) is 220 cm³/mol. The van der Waals surface area contributed by atoms with E-state index in [4.69, 9.17) is 28.4 Å². The van der Waals surface area contributed by atoms with Crippen LogP contribution in [-0.4, -0.2) is 59.2 Å². The number of benzene rings is 4. The molecule has 60 heavy (non-hydrogen) atoms. The molecule has 12 nitrogen and oxygen atoms in total. The summed E-state index contributed by atoms with van der Waals surface area (Å²) in [5.41, 5.74) is 1.60. The quantitative estimate of drug-likeness (QED) is 0.0517. The highest BCUT2D eigenvalue weighted by Crippen LogP contribution is 2.16. The lowest BCUT2D eigenvalue weighted by Crippen LogP contribution is -2.33. The maximum absolute atomic E-state index is 12.5. The fraction of sp³-hybridized carbons (Fsp3) is 0.250. The molecule has 0 spiro atoms. The molecule has 0 aliphatic carbocycles. The van der Waals surface area contributed by atoms with Gasteiger partial charge in [-0.2, -0.15) is 0 Å². The van der Waals surface area contributed by atoms with Crippen molar-refractivity contribution in [3.8, 4) is 35.2 Å². The fourth-order valence-corrected chi connectivity index (χ4v) is 4.64. The zero-order chi connectivity index (χ0) is 44.0. The van der Waals surface area contributed by atoms with Crippen LogP contribution in [0.3, 0.4) is 0 Å². The number of hydrogen-bond acceptors (Lipinski definition) is 12. The van der Waals surface area contributed by atoms with Crippen molar-refractivity contribution in [1.29, 1.82) is 0 Å². The smallest absolute Gasteiger partial charge is 0.347 e. The van der Waals surface area contributed by atoms with Crippen LogP contribution in [0, 0.1) is 23.7 Å². The van der Waals surface area contributed by atoms with Crippen molar-refractivity contribution in [2.45, 2.75) is 78.8 Å². The van der Waals surface area contributed by atoms with Gasteiger partial charge in [0, 0.05) is 34.4 Å². The van der Waals surface area contributed by atoms with Gasteiger partial charge in [-0.1, -0.05) is 23.7 Å². The fourth-order valence-electron chi connectivity index (χ4n) is 4.64. The van der Waals surface area contributed by atoms with E-state index in [1.54, 1.807) is 139 Å². The minimum Gasteiger partial charge on any atom is -0.457 e. The Labute approximate surface area is 348 Å². The molecular formula is C48H44O12. The van der Waals surface area contributed by atoms with Crippen LogP contribution in [0.25, 0.3) is 0 Å². The standard InChI is InChI=1S/C48H44O12/c1-31(43(51)59-47(3,4)5)55-45(53)37-21-13-33(14-22-37)9-11-35-17-25-39(26-18-35)57-41(49)29-30-42(50)58-40-27-19-36(20-28-40)12-10-34-15-23-38(24-16-34)46(54)56-32(2)44(52)60-48(6,7)8/h13-32H,1-8H3/b30-29+/t31-,32-/m0/s1. The average Bonchev–Trinajstić information content (AvgIpc) is 3.18. The number of hydrogen-bond donors (Lipinski definition) is 0. The minimum atomic E-state index is -1.07. The first kappa shape index (κ1) is 45.3. The Hall–Kier alpha value is -7.44. The summed E-state index contributed by atoms with van der Waals surface area (Å²) in [5, 5.41) is 0. The molecule has 0 bridgehead atoms. The van der Waals surface area contributed by atoms with Crippen molar-refractivity contribution in [2.75, 3.05) is 0 Å². The Bertz CT molecular complexity index is 2180. The molecule has 0 radical (unpaired) electrons. The monoisotopic (exact) mass is 812 g/mol. The molecule has 4 aromatic rings. The number of carbonyl (C=O) groups is 6. The summed E-state index contributed by atoms with van der Waals surface area (Å²) in [4.78, 5) is 73.8. The van der Waals surface area contributed by atoms with Crippen LogP contribution in [-0.2, 0) is 38.1 Å². The van der Waals surface area contributed by atoms with Gasteiger partial charge in [-0.05, 0) is 152 Å². The Kier molecular flexibility index (Phi) is 15.3. The van der Waals surface area contributed by atoms with Crippen LogP contribution in [0.15, 0.2) is 109 Å². The van der Waals surface area contributed by atoms with Gasteiger partial charge < -0.3 is 28.4 Å². The van der Waals surface area contributed by atoms with E-state index < -0.39 is 59.2 Å². The third kappa shape index (κ3) is 15.5. The van der Waals surface area contributed by atoms with Crippen molar-refractivity contribution in [3.05, 3.63) is 143 Å². The van der Waals surface area contributed by atoms with E-state index in [1.165, 1.54) is 13.8 Å². The van der Waals surface area contributed by atoms with Crippen LogP contribution in [0.4, 0.5) is 0 Å². The first-order chi connectivity index (χ1) is 28.2. The van der Waals surface area contributed by atoms with Gasteiger partial charge in [-0.15, -0.1) is 0 Å². The molecule has 0 aromatic heterocycles. The van der Waals surface area contributed by atoms with E-state index >= 15 is 0 Å². The third-order valence-electron chi connectivity index (χ3n) is 7.49. The van der Waals surface area contributed by atoms with Crippen LogP contribution in [0.1, 0.15) is 98.4 Å². The van der Waals surface area contributed by atoms with Gasteiger partial charge in [0.05, 0.1) is 11.1 Å². The Morgan fingerprint density at radius 2 is 0.717 bits per heavy atom. The molecule has 0 N–H and O–H groups in total. The first-order valence-corrected chi connectivity index (χ1v) is 18.7. The zero-order valence-corrected chi connectivity index (χ0v) is 34.4. The Morgan fingerprint density at radius 1 is 0.450 bits per heavy atom. The molecule has 12 heteroatoms. The molecule has 0 heterocycles. The van der Waals surface area contributed by atoms with E-state index in [0.29, 0.717) is 22.3 Å². The molecular weight excluding hydrogens is 769 g/mol. The number of carbonyl (C=O) groups excluding carboxylic acids is 6. The van der Waals surface area contributed by atoms with Gasteiger partial charge in [0.1, 0.15) is 22.7 Å². The SMILES string of the molecule is C[C@H](OC(=O)c1ccc(C#Cc2ccc(OC(=O)/C=C/C(=O)Oc3ccc(C#Cc4ccc(C(=O)O[C@@H](C)C(=O)OC(C)(C)C)cc4)cc3)cc2)cc1)C(=O)OC(C)(C)C. The van der Waals surface area contributed by atoms with Crippen LogP contribution >= 0.6 is 0 Å². The van der Waals surface area contributed by atoms with Crippen LogP contribution in [0.2, 0.25) is 0 Å².